The second kappa shape index (κ2) is 8.95. The third-order valence-corrected chi connectivity index (χ3v) is 6.49. The molecule has 0 N–H and O–H groups in total. The van der Waals surface area contributed by atoms with E-state index in [4.69, 9.17) is 5.26 Å². The maximum absolute atomic E-state index is 13.1. The summed E-state index contributed by atoms with van der Waals surface area (Å²) in [4.78, 5) is 17.3. The van der Waals surface area contributed by atoms with Gasteiger partial charge in [-0.25, -0.2) is 0 Å². The number of nitrogens with zero attached hydrogens (tertiary/aromatic N) is 5. The average molecular weight is 448 g/mol. The first-order valence-electron chi connectivity index (χ1n) is 11.5. The molecule has 168 valence electrons. The van der Waals surface area contributed by atoms with Crippen molar-refractivity contribution in [2.24, 2.45) is 0 Å². The van der Waals surface area contributed by atoms with Gasteiger partial charge in [0.1, 0.15) is 5.69 Å². The average Bonchev–Trinajstić information content (AvgIpc) is 2.89. The molecule has 2 heterocycles. The Morgan fingerprint density at radius 2 is 1.53 bits per heavy atom. The van der Waals surface area contributed by atoms with Gasteiger partial charge in [-0.3, -0.25) is 4.79 Å². The Morgan fingerprint density at radius 3 is 2.24 bits per heavy atom. The molecule has 6 heteroatoms. The van der Waals surface area contributed by atoms with Crippen LogP contribution < -0.4 is 4.90 Å². The largest absolute Gasteiger partial charge is 0.348 e. The van der Waals surface area contributed by atoms with E-state index in [9.17, 15) is 4.79 Å². The summed E-state index contributed by atoms with van der Waals surface area (Å²) in [5, 5.41) is 20.4. The van der Waals surface area contributed by atoms with Crippen molar-refractivity contribution in [2.75, 3.05) is 18.0 Å². The molecule has 1 saturated heterocycles. The monoisotopic (exact) mass is 447 g/mol. The van der Waals surface area contributed by atoms with E-state index in [1.807, 2.05) is 59.5 Å². The van der Waals surface area contributed by atoms with Gasteiger partial charge in [0, 0.05) is 47.1 Å². The van der Waals surface area contributed by atoms with Crippen LogP contribution >= 0.6 is 0 Å². The van der Waals surface area contributed by atoms with Crippen LogP contribution in [0.15, 0.2) is 78.9 Å². The molecular weight excluding hydrogens is 422 g/mol. The summed E-state index contributed by atoms with van der Waals surface area (Å²) in [5.41, 5.74) is 3.05. The molecule has 0 radical (unpaired) electrons. The SMILES string of the molecule is C[C@@H]1CN(C(=O)c2ccccc2)[C@@H](C)CN1c1nnc(-c2ccc(C#N)cc2)c2ccccc12. The van der Waals surface area contributed by atoms with Gasteiger partial charge in [-0.2, -0.15) is 5.26 Å². The zero-order chi connectivity index (χ0) is 23.7. The van der Waals surface area contributed by atoms with Crippen molar-refractivity contribution in [1.82, 2.24) is 15.1 Å². The highest BCUT2D eigenvalue weighted by Crippen LogP contribution is 2.33. The number of hydrogen-bond donors (Lipinski definition) is 0. The predicted octanol–water partition coefficient (Wildman–Crippen LogP) is 4.91. The molecule has 1 fully saturated rings. The van der Waals surface area contributed by atoms with E-state index in [0.29, 0.717) is 24.2 Å². The third-order valence-electron chi connectivity index (χ3n) is 6.49. The highest BCUT2D eigenvalue weighted by Gasteiger charge is 2.34. The number of amides is 1. The van der Waals surface area contributed by atoms with Gasteiger partial charge in [-0.15, -0.1) is 10.2 Å². The van der Waals surface area contributed by atoms with Crippen molar-refractivity contribution >= 4 is 22.5 Å². The molecule has 1 aliphatic heterocycles. The molecule has 0 saturated carbocycles. The number of carbonyl (C=O) groups excluding carboxylic acids is 1. The molecule has 1 aliphatic rings. The summed E-state index contributed by atoms with van der Waals surface area (Å²) in [5.74, 6) is 0.894. The van der Waals surface area contributed by atoms with E-state index in [1.165, 1.54) is 0 Å². The first-order valence-corrected chi connectivity index (χ1v) is 11.5. The molecule has 4 aromatic rings. The number of carbonyl (C=O) groups is 1. The van der Waals surface area contributed by atoms with E-state index < -0.39 is 0 Å². The van der Waals surface area contributed by atoms with Crippen molar-refractivity contribution in [3.05, 3.63) is 90.0 Å². The highest BCUT2D eigenvalue weighted by molar-refractivity contribution is 6.00. The first-order chi connectivity index (χ1) is 16.6. The minimum atomic E-state index is 0.0303. The second-order valence-electron chi connectivity index (χ2n) is 8.78. The molecule has 0 aliphatic carbocycles. The lowest BCUT2D eigenvalue weighted by molar-refractivity contribution is 0.0644. The van der Waals surface area contributed by atoms with Crippen LogP contribution in [0.25, 0.3) is 22.0 Å². The second-order valence-corrected chi connectivity index (χ2v) is 8.78. The standard InChI is InChI=1S/C28H25N5O/c1-19-18-33(28(34)23-8-4-3-5-9-23)20(2)17-32(19)27-25-11-7-6-10-24(25)26(30-31-27)22-14-12-21(16-29)13-15-22/h3-15,19-20H,17-18H2,1-2H3/t19-,20+/m1/s1. The Hall–Kier alpha value is -4.24. The minimum absolute atomic E-state index is 0.0303. The lowest BCUT2D eigenvalue weighted by Crippen LogP contribution is -2.58. The van der Waals surface area contributed by atoms with Crippen LogP contribution in [0.4, 0.5) is 5.82 Å². The number of rotatable bonds is 3. The Bertz CT molecular complexity index is 1380. The van der Waals surface area contributed by atoms with Gasteiger partial charge >= 0.3 is 0 Å². The number of fused-ring (bicyclic) bond motifs is 1. The molecular formula is C28H25N5O. The van der Waals surface area contributed by atoms with Gasteiger partial charge in [-0.05, 0) is 38.1 Å². The Kier molecular flexibility index (Phi) is 5.69. The molecule has 2 atom stereocenters. The van der Waals surface area contributed by atoms with Crippen molar-refractivity contribution < 1.29 is 4.79 Å². The van der Waals surface area contributed by atoms with Crippen LogP contribution in [0, 0.1) is 11.3 Å². The molecule has 5 rings (SSSR count). The zero-order valence-electron chi connectivity index (χ0n) is 19.2. The van der Waals surface area contributed by atoms with E-state index in [0.717, 1.165) is 27.8 Å². The predicted molar refractivity (Wildman–Crippen MR) is 133 cm³/mol. The summed E-state index contributed by atoms with van der Waals surface area (Å²) >= 11 is 0. The quantitative estimate of drug-likeness (QED) is 0.446. The molecule has 1 amide bonds. The Balaban J connectivity index is 1.48. The smallest absolute Gasteiger partial charge is 0.254 e. The summed E-state index contributed by atoms with van der Waals surface area (Å²) < 4.78 is 0. The van der Waals surface area contributed by atoms with E-state index in [1.54, 1.807) is 12.1 Å². The lowest BCUT2D eigenvalue weighted by Gasteiger charge is -2.44. The lowest BCUT2D eigenvalue weighted by atomic mass is 10.0. The van der Waals surface area contributed by atoms with E-state index in [-0.39, 0.29) is 18.0 Å². The maximum atomic E-state index is 13.1. The van der Waals surface area contributed by atoms with Crippen LogP contribution in [0.5, 0.6) is 0 Å². The Labute approximate surface area is 199 Å². The highest BCUT2D eigenvalue weighted by atomic mass is 16.2. The van der Waals surface area contributed by atoms with Gasteiger partial charge < -0.3 is 9.80 Å². The number of nitriles is 1. The van der Waals surface area contributed by atoms with Gasteiger partial charge in [0.15, 0.2) is 5.82 Å². The van der Waals surface area contributed by atoms with Crippen molar-refractivity contribution in [2.45, 2.75) is 25.9 Å². The first kappa shape index (κ1) is 21.6. The fourth-order valence-electron chi connectivity index (χ4n) is 4.67. The van der Waals surface area contributed by atoms with Gasteiger partial charge in [-0.1, -0.05) is 54.6 Å². The fraction of sp³-hybridized carbons (Fsp3) is 0.214. The van der Waals surface area contributed by atoms with Crippen molar-refractivity contribution in [3.63, 3.8) is 0 Å². The number of aromatic nitrogens is 2. The molecule has 6 nitrogen and oxygen atoms in total. The maximum Gasteiger partial charge on any atom is 0.254 e. The van der Waals surface area contributed by atoms with Gasteiger partial charge in [0.05, 0.1) is 11.6 Å². The summed E-state index contributed by atoms with van der Waals surface area (Å²) in [6.45, 7) is 5.50. The van der Waals surface area contributed by atoms with Crippen LogP contribution in [0.1, 0.15) is 29.8 Å². The zero-order valence-corrected chi connectivity index (χ0v) is 19.2. The number of benzene rings is 3. The van der Waals surface area contributed by atoms with E-state index >= 15 is 0 Å². The topological polar surface area (TPSA) is 73.1 Å². The summed E-state index contributed by atoms with van der Waals surface area (Å²) in [6, 6.07) is 27.3. The van der Waals surface area contributed by atoms with E-state index in [2.05, 4.69) is 47.1 Å². The van der Waals surface area contributed by atoms with Crippen molar-refractivity contribution in [1.29, 1.82) is 5.26 Å². The summed E-state index contributed by atoms with van der Waals surface area (Å²) in [7, 11) is 0. The molecule has 0 unspecified atom stereocenters. The minimum Gasteiger partial charge on any atom is -0.348 e. The number of hydrogen-bond acceptors (Lipinski definition) is 5. The van der Waals surface area contributed by atoms with Gasteiger partial charge in [0.25, 0.3) is 5.91 Å². The van der Waals surface area contributed by atoms with Crippen LogP contribution in [-0.2, 0) is 0 Å². The molecule has 3 aromatic carbocycles. The summed E-state index contributed by atoms with van der Waals surface area (Å²) in [6.07, 6.45) is 0. The van der Waals surface area contributed by atoms with Crippen LogP contribution in [0.2, 0.25) is 0 Å². The molecule has 0 bridgehead atoms. The third kappa shape index (κ3) is 3.86. The molecule has 0 spiro atoms. The Morgan fingerprint density at radius 1 is 0.853 bits per heavy atom. The van der Waals surface area contributed by atoms with Crippen LogP contribution in [-0.4, -0.2) is 46.2 Å². The normalized spacial score (nSPS) is 18.0. The molecule has 1 aromatic heterocycles. The van der Waals surface area contributed by atoms with Gasteiger partial charge in [0.2, 0.25) is 0 Å². The van der Waals surface area contributed by atoms with Crippen molar-refractivity contribution in [3.8, 4) is 17.3 Å². The van der Waals surface area contributed by atoms with Crippen LogP contribution in [0.3, 0.4) is 0 Å². The number of anilines is 1. The number of piperazine rings is 1. The fourth-order valence-corrected chi connectivity index (χ4v) is 4.67. The molecule has 34 heavy (non-hydrogen) atoms.